The SMILES string of the molecule is COc1ccc(CSc2nnnn2CCO)cc1[N+](=O)[O-]. The number of thioether (sulfide) groups is 1. The van der Waals surface area contributed by atoms with Gasteiger partial charge in [0.2, 0.25) is 5.16 Å². The molecule has 0 saturated heterocycles. The number of aliphatic hydroxyl groups is 1. The Bertz CT molecular complexity index is 633. The summed E-state index contributed by atoms with van der Waals surface area (Å²) in [4.78, 5) is 10.5. The van der Waals surface area contributed by atoms with Gasteiger partial charge in [0.05, 0.1) is 25.2 Å². The summed E-state index contributed by atoms with van der Waals surface area (Å²) in [5, 5.41) is 31.5. The highest BCUT2D eigenvalue weighted by Crippen LogP contribution is 2.30. The van der Waals surface area contributed by atoms with Gasteiger partial charge in [-0.15, -0.1) is 5.10 Å². The molecule has 0 amide bonds. The van der Waals surface area contributed by atoms with Gasteiger partial charge in [-0.1, -0.05) is 17.8 Å². The fourth-order valence-electron chi connectivity index (χ4n) is 1.65. The Labute approximate surface area is 124 Å². The molecule has 0 radical (unpaired) electrons. The predicted molar refractivity (Wildman–Crippen MR) is 74.1 cm³/mol. The third-order valence-corrected chi connectivity index (χ3v) is 3.65. The second kappa shape index (κ2) is 6.99. The van der Waals surface area contributed by atoms with Gasteiger partial charge in [-0.25, -0.2) is 4.68 Å². The maximum absolute atomic E-state index is 11.0. The summed E-state index contributed by atoms with van der Waals surface area (Å²) in [5.74, 6) is 0.690. The van der Waals surface area contributed by atoms with Crippen molar-refractivity contribution in [2.24, 2.45) is 0 Å². The van der Waals surface area contributed by atoms with Crippen LogP contribution in [0.25, 0.3) is 0 Å². The second-order valence-corrected chi connectivity index (χ2v) is 4.90. The highest BCUT2D eigenvalue weighted by atomic mass is 32.2. The molecule has 0 atom stereocenters. The summed E-state index contributed by atoms with van der Waals surface area (Å²) >= 11 is 1.33. The molecule has 112 valence electrons. The first-order chi connectivity index (χ1) is 10.2. The number of ether oxygens (including phenoxy) is 1. The molecule has 0 bridgehead atoms. The van der Waals surface area contributed by atoms with E-state index in [4.69, 9.17) is 9.84 Å². The van der Waals surface area contributed by atoms with E-state index in [-0.39, 0.29) is 18.0 Å². The average molecular weight is 311 g/mol. The molecule has 0 aliphatic heterocycles. The van der Waals surface area contributed by atoms with Gasteiger partial charge in [-0.2, -0.15) is 0 Å². The average Bonchev–Trinajstić information content (AvgIpc) is 2.92. The number of tetrazole rings is 1. The summed E-state index contributed by atoms with van der Waals surface area (Å²) in [5.41, 5.74) is 0.677. The van der Waals surface area contributed by atoms with Gasteiger partial charge in [-0.3, -0.25) is 10.1 Å². The van der Waals surface area contributed by atoms with Crippen molar-refractivity contribution >= 4 is 17.4 Å². The second-order valence-electron chi connectivity index (χ2n) is 3.96. The number of aromatic nitrogens is 4. The summed E-state index contributed by atoms with van der Waals surface area (Å²) in [6.45, 7) is 0.241. The van der Waals surface area contributed by atoms with Crippen molar-refractivity contribution in [1.29, 1.82) is 0 Å². The lowest BCUT2D eigenvalue weighted by Crippen LogP contribution is -2.05. The lowest BCUT2D eigenvalue weighted by atomic mass is 10.2. The number of nitro groups is 1. The first-order valence-corrected chi connectivity index (χ1v) is 6.95. The normalized spacial score (nSPS) is 10.6. The van der Waals surface area contributed by atoms with E-state index >= 15 is 0 Å². The minimum absolute atomic E-state index is 0.0629. The molecule has 1 aromatic carbocycles. The van der Waals surface area contributed by atoms with Crippen molar-refractivity contribution < 1.29 is 14.8 Å². The molecule has 0 saturated carbocycles. The van der Waals surface area contributed by atoms with Crippen LogP contribution in [0.15, 0.2) is 23.4 Å². The molecule has 0 fully saturated rings. The van der Waals surface area contributed by atoms with Crippen molar-refractivity contribution in [2.45, 2.75) is 17.5 Å². The number of rotatable bonds is 7. The lowest BCUT2D eigenvalue weighted by molar-refractivity contribution is -0.385. The first kappa shape index (κ1) is 15.2. The number of methoxy groups -OCH3 is 1. The van der Waals surface area contributed by atoms with Gasteiger partial charge >= 0.3 is 5.69 Å². The molecule has 2 aromatic rings. The molecule has 10 heteroatoms. The van der Waals surface area contributed by atoms with Crippen molar-refractivity contribution in [3.8, 4) is 5.75 Å². The Morgan fingerprint density at radius 1 is 1.52 bits per heavy atom. The molecular weight excluding hydrogens is 298 g/mol. The van der Waals surface area contributed by atoms with E-state index in [0.29, 0.717) is 17.5 Å². The van der Waals surface area contributed by atoms with E-state index in [9.17, 15) is 10.1 Å². The van der Waals surface area contributed by atoms with Crippen LogP contribution < -0.4 is 4.74 Å². The van der Waals surface area contributed by atoms with Crippen molar-refractivity contribution in [1.82, 2.24) is 20.2 Å². The zero-order valence-corrected chi connectivity index (χ0v) is 12.0. The smallest absolute Gasteiger partial charge is 0.311 e. The van der Waals surface area contributed by atoms with Gasteiger partial charge < -0.3 is 9.84 Å². The Balaban J connectivity index is 2.11. The summed E-state index contributed by atoms with van der Waals surface area (Å²) in [7, 11) is 1.39. The molecule has 2 rings (SSSR count). The van der Waals surface area contributed by atoms with Crippen molar-refractivity contribution in [2.75, 3.05) is 13.7 Å². The minimum Gasteiger partial charge on any atom is -0.490 e. The van der Waals surface area contributed by atoms with E-state index in [0.717, 1.165) is 5.56 Å². The van der Waals surface area contributed by atoms with Crippen LogP contribution in [0.5, 0.6) is 5.75 Å². The van der Waals surface area contributed by atoms with Crippen LogP contribution >= 0.6 is 11.8 Å². The van der Waals surface area contributed by atoms with E-state index in [1.807, 2.05) is 0 Å². The topological polar surface area (TPSA) is 116 Å². The summed E-state index contributed by atoms with van der Waals surface area (Å²) in [6, 6.07) is 4.77. The zero-order chi connectivity index (χ0) is 15.2. The fourth-order valence-corrected chi connectivity index (χ4v) is 2.50. The van der Waals surface area contributed by atoms with Crippen LogP contribution in [-0.2, 0) is 12.3 Å². The Kier molecular flexibility index (Phi) is 5.06. The zero-order valence-electron chi connectivity index (χ0n) is 11.2. The summed E-state index contributed by atoms with van der Waals surface area (Å²) < 4.78 is 6.43. The van der Waals surface area contributed by atoms with Crippen LogP contribution in [0.4, 0.5) is 5.69 Å². The number of nitrogens with zero attached hydrogens (tertiary/aromatic N) is 5. The molecule has 9 nitrogen and oxygen atoms in total. The third kappa shape index (κ3) is 3.67. The van der Waals surface area contributed by atoms with Crippen LogP contribution in [0, 0.1) is 10.1 Å². The third-order valence-electron chi connectivity index (χ3n) is 2.62. The molecule has 0 aliphatic rings. The van der Waals surface area contributed by atoms with Gasteiger partial charge in [0.15, 0.2) is 5.75 Å². The number of hydrogen-bond donors (Lipinski definition) is 1. The number of hydrogen-bond acceptors (Lipinski definition) is 8. The van der Waals surface area contributed by atoms with Crippen LogP contribution in [0.2, 0.25) is 0 Å². The van der Waals surface area contributed by atoms with Crippen molar-refractivity contribution in [3.05, 3.63) is 33.9 Å². The Hall–Kier alpha value is -2.20. The fraction of sp³-hybridized carbons (Fsp3) is 0.364. The van der Waals surface area contributed by atoms with Crippen LogP contribution in [0.3, 0.4) is 0 Å². The van der Waals surface area contributed by atoms with Crippen LogP contribution in [0.1, 0.15) is 5.56 Å². The molecular formula is C11H13N5O4S. The van der Waals surface area contributed by atoms with Crippen LogP contribution in [-0.4, -0.2) is 44.0 Å². The largest absolute Gasteiger partial charge is 0.490 e. The molecule has 1 N–H and O–H groups in total. The van der Waals surface area contributed by atoms with Crippen molar-refractivity contribution in [3.63, 3.8) is 0 Å². The number of benzene rings is 1. The first-order valence-electron chi connectivity index (χ1n) is 5.97. The predicted octanol–water partition coefficient (Wildman–Crippen LogP) is 0.874. The van der Waals surface area contributed by atoms with Gasteiger partial charge in [-0.05, 0) is 22.1 Å². The minimum atomic E-state index is -0.483. The highest BCUT2D eigenvalue weighted by Gasteiger charge is 2.15. The number of aliphatic hydroxyl groups excluding tert-OH is 1. The molecule has 1 aromatic heterocycles. The maximum Gasteiger partial charge on any atom is 0.311 e. The maximum atomic E-state index is 11.0. The van der Waals surface area contributed by atoms with Gasteiger partial charge in [0, 0.05) is 11.8 Å². The standard InChI is InChI=1S/C11H13N5O4S/c1-20-10-3-2-8(6-9(10)16(18)19)7-21-11-12-13-14-15(11)4-5-17/h2-3,6,17H,4-5,7H2,1H3. The quantitative estimate of drug-likeness (QED) is 0.455. The van der Waals surface area contributed by atoms with E-state index in [2.05, 4.69) is 15.5 Å². The lowest BCUT2D eigenvalue weighted by Gasteiger charge is -2.05. The molecule has 0 aliphatic carbocycles. The van der Waals surface area contributed by atoms with Gasteiger partial charge in [0.1, 0.15) is 0 Å². The molecule has 21 heavy (non-hydrogen) atoms. The monoisotopic (exact) mass is 311 g/mol. The Morgan fingerprint density at radius 3 is 3.00 bits per heavy atom. The highest BCUT2D eigenvalue weighted by molar-refractivity contribution is 7.98. The van der Waals surface area contributed by atoms with E-state index < -0.39 is 4.92 Å². The summed E-state index contributed by atoms with van der Waals surface area (Å²) in [6.07, 6.45) is 0. The Morgan fingerprint density at radius 2 is 2.33 bits per heavy atom. The molecule has 0 unspecified atom stereocenters. The molecule has 1 heterocycles. The molecule has 0 spiro atoms. The number of nitro benzene ring substituents is 1. The van der Waals surface area contributed by atoms with E-state index in [1.165, 1.54) is 29.6 Å². The van der Waals surface area contributed by atoms with E-state index in [1.54, 1.807) is 12.1 Å². The van der Waals surface area contributed by atoms with Gasteiger partial charge in [0.25, 0.3) is 0 Å².